The van der Waals surface area contributed by atoms with Crippen molar-refractivity contribution in [2.45, 2.75) is 0 Å². The zero-order chi connectivity index (χ0) is 19.2. The van der Waals surface area contributed by atoms with Gasteiger partial charge in [-0.1, -0.05) is 0 Å². The molecule has 0 N–H and O–H groups in total. The second-order valence-corrected chi connectivity index (χ2v) is 10.2. The summed E-state index contributed by atoms with van der Waals surface area (Å²) in [4.78, 5) is 9.93. The maximum absolute atomic E-state index is 5.02. The van der Waals surface area contributed by atoms with Crippen LogP contribution in [0.15, 0.2) is 97.1 Å². The maximum atomic E-state index is 5.02. The van der Waals surface area contributed by atoms with E-state index in [0.29, 0.717) is 0 Å². The summed E-state index contributed by atoms with van der Waals surface area (Å²) in [5.74, 6) is 0.800. The van der Waals surface area contributed by atoms with Gasteiger partial charge in [-0.15, -0.1) is 0 Å². The number of hydrogen-bond donors (Lipinski definition) is 0. The van der Waals surface area contributed by atoms with Crippen molar-refractivity contribution >= 4 is 48.9 Å². The van der Waals surface area contributed by atoms with Crippen molar-refractivity contribution < 1.29 is 0 Å². The summed E-state index contributed by atoms with van der Waals surface area (Å²) in [6, 6.07) is 34.2. The van der Waals surface area contributed by atoms with Gasteiger partial charge >= 0.3 is 179 Å². The fourth-order valence-electron chi connectivity index (χ4n) is 3.89. The van der Waals surface area contributed by atoms with Gasteiger partial charge in [-0.2, -0.15) is 0 Å². The molecule has 0 aliphatic carbocycles. The number of fused-ring (bicyclic) bond motifs is 4. The van der Waals surface area contributed by atoms with Crippen LogP contribution in [0.4, 0.5) is 0 Å². The molecule has 0 saturated carbocycles. The van der Waals surface area contributed by atoms with Crippen molar-refractivity contribution in [1.29, 1.82) is 0 Å². The average Bonchev–Trinajstić information content (AvgIpc) is 3.17. The van der Waals surface area contributed by atoms with Crippen LogP contribution >= 0.6 is 0 Å². The quantitative estimate of drug-likeness (QED) is 0.269. The van der Waals surface area contributed by atoms with E-state index < -0.39 is 0 Å². The molecule has 136 valence electrons. The summed E-state index contributed by atoms with van der Waals surface area (Å²) in [5.41, 5.74) is 4.20. The van der Waals surface area contributed by atoms with Crippen LogP contribution in [-0.2, 0) is 0 Å². The molecule has 2 heterocycles. The van der Waals surface area contributed by atoms with Crippen molar-refractivity contribution in [3.8, 4) is 22.6 Å². The zero-order valence-corrected chi connectivity index (χ0v) is 17.9. The topological polar surface area (TPSA) is 25.8 Å². The van der Waals surface area contributed by atoms with Crippen molar-refractivity contribution in [3.05, 3.63) is 97.1 Å². The summed E-state index contributed by atoms with van der Waals surface area (Å²) < 4.78 is 3.00. The van der Waals surface area contributed by atoms with Crippen molar-refractivity contribution in [3.63, 3.8) is 0 Å². The Morgan fingerprint density at radius 2 is 1.24 bits per heavy atom. The molecule has 0 fully saturated rings. The van der Waals surface area contributed by atoms with E-state index in [0.717, 1.165) is 33.5 Å². The van der Waals surface area contributed by atoms with Crippen LogP contribution in [0.3, 0.4) is 0 Å². The molecule has 0 bridgehead atoms. The predicted octanol–water partition coefficient (Wildman–Crippen LogP) is 6.33. The second-order valence-electron chi connectivity index (χ2n) is 7.09. The Labute approximate surface area is 178 Å². The number of nitrogens with zero attached hydrogens (tertiary/aromatic N) is 2. The van der Waals surface area contributed by atoms with E-state index >= 15 is 0 Å². The van der Waals surface area contributed by atoms with Gasteiger partial charge in [0.25, 0.3) is 0 Å². The van der Waals surface area contributed by atoms with Crippen molar-refractivity contribution in [2.75, 3.05) is 0 Å². The SMILES string of the molecule is c1ccc(-c2nc(-c3ccc4c(c3)[te]c3ccccc34)nc3ccccc23)cc1. The molecule has 3 heteroatoms. The molecule has 4 aromatic carbocycles. The van der Waals surface area contributed by atoms with E-state index in [9.17, 15) is 0 Å². The van der Waals surface area contributed by atoms with Crippen molar-refractivity contribution in [2.24, 2.45) is 0 Å². The molecule has 0 aliphatic rings. The fourth-order valence-corrected chi connectivity index (χ4v) is 7.16. The first kappa shape index (κ1) is 16.9. The molecule has 6 rings (SSSR count). The minimum atomic E-state index is -0.353. The van der Waals surface area contributed by atoms with Crippen LogP contribution in [0.2, 0.25) is 0 Å². The third kappa shape index (κ3) is 2.86. The van der Waals surface area contributed by atoms with Crippen LogP contribution < -0.4 is 0 Å². The zero-order valence-electron chi connectivity index (χ0n) is 15.5. The van der Waals surface area contributed by atoms with E-state index in [-0.39, 0.29) is 20.4 Å². The third-order valence-electron chi connectivity index (χ3n) is 5.29. The fraction of sp³-hybridized carbons (Fsp3) is 0. The first-order chi connectivity index (χ1) is 14.4. The Bertz CT molecular complexity index is 1500. The number of benzene rings is 4. The Balaban J connectivity index is 1.60. The molecule has 0 radical (unpaired) electrons. The summed E-state index contributed by atoms with van der Waals surface area (Å²) in [5, 5.41) is 3.88. The monoisotopic (exact) mass is 486 g/mol. The normalized spacial score (nSPS) is 11.4. The van der Waals surface area contributed by atoms with E-state index in [4.69, 9.17) is 9.97 Å². The molecule has 0 spiro atoms. The van der Waals surface area contributed by atoms with Gasteiger partial charge in [0.15, 0.2) is 0 Å². The molecular weight excluding hydrogens is 468 g/mol. The van der Waals surface area contributed by atoms with Gasteiger partial charge in [-0.25, -0.2) is 0 Å². The first-order valence-corrected chi connectivity index (χ1v) is 11.9. The summed E-state index contributed by atoms with van der Waals surface area (Å²) >= 11 is -0.353. The summed E-state index contributed by atoms with van der Waals surface area (Å²) in [7, 11) is 0. The van der Waals surface area contributed by atoms with Crippen LogP contribution in [0.5, 0.6) is 0 Å². The van der Waals surface area contributed by atoms with Gasteiger partial charge in [0.2, 0.25) is 0 Å². The average molecular weight is 484 g/mol. The van der Waals surface area contributed by atoms with Crippen LogP contribution in [0.1, 0.15) is 0 Å². The van der Waals surface area contributed by atoms with Gasteiger partial charge in [-0.3, -0.25) is 0 Å². The Hall–Kier alpha value is -2.99. The van der Waals surface area contributed by atoms with Crippen LogP contribution in [-0.4, -0.2) is 30.4 Å². The minimum absolute atomic E-state index is 0.353. The number of aromatic nitrogens is 2. The van der Waals surface area contributed by atoms with Crippen molar-refractivity contribution in [1.82, 2.24) is 9.97 Å². The molecule has 6 aromatic rings. The second kappa shape index (κ2) is 6.81. The van der Waals surface area contributed by atoms with E-state index in [2.05, 4.69) is 84.9 Å². The van der Waals surface area contributed by atoms with Gasteiger partial charge in [0.1, 0.15) is 0 Å². The van der Waals surface area contributed by atoms with Crippen LogP contribution in [0, 0.1) is 0 Å². The summed E-state index contributed by atoms with van der Waals surface area (Å²) in [6.45, 7) is 0. The molecule has 0 atom stereocenters. The number of rotatable bonds is 2. The Morgan fingerprint density at radius 1 is 0.517 bits per heavy atom. The van der Waals surface area contributed by atoms with E-state index in [1.165, 1.54) is 17.6 Å². The Kier molecular flexibility index (Phi) is 3.97. The number of hydrogen-bond acceptors (Lipinski definition) is 2. The molecule has 0 aliphatic heterocycles. The predicted molar refractivity (Wildman–Crippen MR) is 122 cm³/mol. The van der Waals surface area contributed by atoms with Gasteiger partial charge in [0, 0.05) is 0 Å². The van der Waals surface area contributed by atoms with Crippen LogP contribution in [0.25, 0.3) is 51.1 Å². The molecule has 0 amide bonds. The third-order valence-corrected chi connectivity index (χ3v) is 8.52. The Morgan fingerprint density at radius 3 is 2.14 bits per heavy atom. The molecule has 0 saturated heterocycles. The van der Waals surface area contributed by atoms with E-state index in [1.807, 2.05) is 12.1 Å². The molecule has 29 heavy (non-hydrogen) atoms. The van der Waals surface area contributed by atoms with Gasteiger partial charge in [-0.05, 0) is 0 Å². The first-order valence-electron chi connectivity index (χ1n) is 9.61. The van der Waals surface area contributed by atoms with E-state index in [1.54, 1.807) is 0 Å². The molecular formula is C26H16N2Te. The summed E-state index contributed by atoms with van der Waals surface area (Å²) in [6.07, 6.45) is 0. The molecule has 0 unspecified atom stereocenters. The van der Waals surface area contributed by atoms with Gasteiger partial charge < -0.3 is 0 Å². The number of para-hydroxylation sites is 1. The standard InChI is InChI=1S/C26H16N2Te/c1-2-8-17(9-3-1)25-21-11-4-6-12-22(21)27-26(28-25)18-14-15-20-19-10-5-7-13-23(19)29-24(20)16-18/h1-16H. The van der Waals surface area contributed by atoms with Gasteiger partial charge in [0.05, 0.1) is 0 Å². The molecule has 2 nitrogen and oxygen atoms in total. The molecule has 2 aromatic heterocycles.